The van der Waals surface area contributed by atoms with E-state index < -0.39 is 0 Å². The van der Waals surface area contributed by atoms with E-state index in [2.05, 4.69) is 17.5 Å². The van der Waals surface area contributed by atoms with Gasteiger partial charge in [-0.25, -0.2) is 5.43 Å². The van der Waals surface area contributed by atoms with Gasteiger partial charge in [0.1, 0.15) is 0 Å². The molecule has 2 aromatic rings. The number of piperidine rings is 1. The lowest BCUT2D eigenvalue weighted by molar-refractivity contribution is -0.134. The SMILES string of the molecule is CCOc1cc(/C=N/NC(=O)c2cc3c(s2)CCC(C)C3)ccc1OCC(=O)N1CCCCC1. The third-order valence-electron chi connectivity index (χ3n) is 6.26. The van der Waals surface area contributed by atoms with Crippen molar-refractivity contribution in [3.8, 4) is 11.5 Å². The van der Waals surface area contributed by atoms with E-state index in [9.17, 15) is 9.59 Å². The van der Waals surface area contributed by atoms with Crippen LogP contribution in [-0.2, 0) is 17.6 Å². The summed E-state index contributed by atoms with van der Waals surface area (Å²) in [7, 11) is 0. The summed E-state index contributed by atoms with van der Waals surface area (Å²) in [5.41, 5.74) is 4.69. The Morgan fingerprint density at radius 2 is 2.00 bits per heavy atom. The molecule has 2 aliphatic rings. The molecule has 0 bridgehead atoms. The molecular formula is C26H33N3O4S. The van der Waals surface area contributed by atoms with E-state index in [0.717, 1.165) is 44.3 Å². The van der Waals surface area contributed by atoms with Gasteiger partial charge in [0.2, 0.25) is 0 Å². The average Bonchev–Trinajstić information content (AvgIpc) is 3.27. The molecule has 1 fully saturated rings. The fraction of sp³-hybridized carbons (Fsp3) is 0.500. The first-order valence-corrected chi connectivity index (χ1v) is 13.0. The molecule has 1 unspecified atom stereocenters. The second-order valence-electron chi connectivity index (χ2n) is 8.98. The normalized spacial score (nSPS) is 17.9. The number of aryl methyl sites for hydroxylation is 1. The molecule has 7 nitrogen and oxygen atoms in total. The Hall–Kier alpha value is -2.87. The zero-order valence-electron chi connectivity index (χ0n) is 20.0. The molecule has 4 rings (SSSR count). The smallest absolute Gasteiger partial charge is 0.281 e. The third kappa shape index (κ3) is 6.17. The van der Waals surface area contributed by atoms with Crippen LogP contribution in [0.2, 0.25) is 0 Å². The first-order valence-electron chi connectivity index (χ1n) is 12.2. The van der Waals surface area contributed by atoms with E-state index in [0.29, 0.717) is 28.9 Å². The van der Waals surface area contributed by atoms with Gasteiger partial charge in [-0.1, -0.05) is 6.92 Å². The zero-order valence-corrected chi connectivity index (χ0v) is 20.8. The molecule has 1 atom stereocenters. The van der Waals surface area contributed by atoms with Gasteiger partial charge in [-0.3, -0.25) is 9.59 Å². The van der Waals surface area contributed by atoms with Crippen LogP contribution in [0, 0.1) is 5.92 Å². The maximum absolute atomic E-state index is 12.5. The number of carbonyl (C=O) groups excluding carboxylic acids is 2. The Kier molecular flexibility index (Phi) is 8.21. The largest absolute Gasteiger partial charge is 0.490 e. The van der Waals surface area contributed by atoms with Crippen molar-refractivity contribution >= 4 is 29.4 Å². The van der Waals surface area contributed by atoms with Gasteiger partial charge in [-0.05, 0) is 86.8 Å². The summed E-state index contributed by atoms with van der Waals surface area (Å²) in [5, 5.41) is 4.13. The minimum atomic E-state index is -0.190. The van der Waals surface area contributed by atoms with E-state index in [1.807, 2.05) is 24.0 Å². The first kappa shape index (κ1) is 24.3. The van der Waals surface area contributed by atoms with Gasteiger partial charge in [0.05, 0.1) is 17.7 Å². The van der Waals surface area contributed by atoms with E-state index in [4.69, 9.17) is 9.47 Å². The Labute approximate surface area is 205 Å². The number of hydrazone groups is 1. The number of ether oxygens (including phenoxy) is 2. The first-order chi connectivity index (χ1) is 16.5. The highest BCUT2D eigenvalue weighted by Gasteiger charge is 2.21. The molecule has 2 amide bonds. The maximum atomic E-state index is 12.5. The van der Waals surface area contributed by atoms with E-state index >= 15 is 0 Å². The summed E-state index contributed by atoms with van der Waals surface area (Å²) in [5.74, 6) is 1.55. The van der Waals surface area contributed by atoms with Crippen molar-refractivity contribution in [3.63, 3.8) is 0 Å². The molecule has 1 aliphatic heterocycles. The number of hydrogen-bond donors (Lipinski definition) is 1. The fourth-order valence-corrected chi connectivity index (χ4v) is 5.50. The number of rotatable bonds is 8. The van der Waals surface area contributed by atoms with Crippen molar-refractivity contribution in [2.24, 2.45) is 11.0 Å². The molecule has 1 aromatic carbocycles. The summed E-state index contributed by atoms with van der Waals surface area (Å²) in [6, 6.07) is 7.40. The molecule has 0 radical (unpaired) electrons. The number of carbonyl (C=O) groups is 2. The molecule has 1 N–H and O–H groups in total. The number of fused-ring (bicyclic) bond motifs is 1. The van der Waals surface area contributed by atoms with Crippen molar-refractivity contribution in [1.82, 2.24) is 10.3 Å². The van der Waals surface area contributed by atoms with E-state index in [-0.39, 0.29) is 18.4 Å². The minimum Gasteiger partial charge on any atom is -0.490 e. The number of hydrogen-bond acceptors (Lipinski definition) is 6. The van der Waals surface area contributed by atoms with E-state index in [1.165, 1.54) is 23.3 Å². The Morgan fingerprint density at radius 1 is 1.18 bits per heavy atom. The Balaban J connectivity index is 1.35. The van der Waals surface area contributed by atoms with Crippen LogP contribution in [0.1, 0.15) is 65.2 Å². The van der Waals surface area contributed by atoms with Crippen LogP contribution in [0.4, 0.5) is 0 Å². The molecule has 1 aliphatic carbocycles. The standard InChI is InChI=1S/C26H33N3O4S/c1-3-32-22-14-19(8-9-21(22)33-17-25(30)29-11-5-4-6-12-29)16-27-28-26(31)24-15-20-13-18(2)7-10-23(20)34-24/h8-9,14-16,18H,3-7,10-13,17H2,1-2H3,(H,28,31)/b27-16+. The number of likely N-dealkylation sites (tertiary alicyclic amines) is 1. The summed E-state index contributed by atoms with van der Waals surface area (Å²) in [6.45, 7) is 6.21. The summed E-state index contributed by atoms with van der Waals surface area (Å²) < 4.78 is 11.5. The minimum absolute atomic E-state index is 0.000198. The van der Waals surface area contributed by atoms with Gasteiger partial charge >= 0.3 is 0 Å². The van der Waals surface area contributed by atoms with Gasteiger partial charge in [-0.15, -0.1) is 11.3 Å². The molecule has 2 heterocycles. The maximum Gasteiger partial charge on any atom is 0.281 e. The predicted octanol–water partition coefficient (Wildman–Crippen LogP) is 4.43. The highest BCUT2D eigenvalue weighted by atomic mass is 32.1. The Morgan fingerprint density at radius 3 is 2.79 bits per heavy atom. The average molecular weight is 484 g/mol. The van der Waals surface area contributed by atoms with Crippen molar-refractivity contribution in [1.29, 1.82) is 0 Å². The molecule has 0 spiro atoms. The molecule has 0 saturated carbocycles. The van der Waals surface area contributed by atoms with Crippen LogP contribution < -0.4 is 14.9 Å². The highest BCUT2D eigenvalue weighted by Crippen LogP contribution is 2.32. The lowest BCUT2D eigenvalue weighted by Gasteiger charge is -2.26. The highest BCUT2D eigenvalue weighted by molar-refractivity contribution is 7.14. The van der Waals surface area contributed by atoms with Crippen LogP contribution in [0.25, 0.3) is 0 Å². The quantitative estimate of drug-likeness (QED) is 0.445. The number of nitrogens with zero attached hydrogens (tertiary/aromatic N) is 2. The second kappa shape index (κ2) is 11.5. The van der Waals surface area contributed by atoms with Gasteiger partial charge in [0.25, 0.3) is 11.8 Å². The Bertz CT molecular complexity index is 1040. The molecule has 8 heteroatoms. The number of nitrogens with one attached hydrogen (secondary N) is 1. The summed E-state index contributed by atoms with van der Waals surface area (Å²) >= 11 is 1.57. The number of amides is 2. The summed E-state index contributed by atoms with van der Waals surface area (Å²) in [4.78, 5) is 28.8. The molecule has 182 valence electrons. The monoisotopic (exact) mass is 483 g/mol. The van der Waals surface area contributed by atoms with Crippen molar-refractivity contribution in [3.05, 3.63) is 45.1 Å². The van der Waals surface area contributed by atoms with Crippen LogP contribution in [0.15, 0.2) is 29.4 Å². The number of benzene rings is 1. The van der Waals surface area contributed by atoms with Crippen LogP contribution in [-0.4, -0.2) is 49.2 Å². The lowest BCUT2D eigenvalue weighted by Crippen LogP contribution is -2.38. The lowest BCUT2D eigenvalue weighted by atomic mass is 9.90. The second-order valence-corrected chi connectivity index (χ2v) is 10.1. The van der Waals surface area contributed by atoms with Gasteiger partial charge < -0.3 is 14.4 Å². The predicted molar refractivity (Wildman–Crippen MR) is 134 cm³/mol. The van der Waals surface area contributed by atoms with E-state index in [1.54, 1.807) is 29.7 Å². The summed E-state index contributed by atoms with van der Waals surface area (Å²) in [6.07, 6.45) is 8.14. The van der Waals surface area contributed by atoms with Crippen LogP contribution in [0.3, 0.4) is 0 Å². The van der Waals surface area contributed by atoms with Crippen LogP contribution in [0.5, 0.6) is 11.5 Å². The molecular weight excluding hydrogens is 450 g/mol. The van der Waals surface area contributed by atoms with Crippen LogP contribution >= 0.6 is 11.3 Å². The van der Waals surface area contributed by atoms with Crippen molar-refractivity contribution < 1.29 is 19.1 Å². The molecule has 1 saturated heterocycles. The van der Waals surface area contributed by atoms with Crippen molar-refractivity contribution in [2.75, 3.05) is 26.3 Å². The third-order valence-corrected chi connectivity index (χ3v) is 7.50. The van der Waals surface area contributed by atoms with Crippen molar-refractivity contribution in [2.45, 2.75) is 52.4 Å². The topological polar surface area (TPSA) is 80.2 Å². The molecule has 1 aromatic heterocycles. The number of thiophene rings is 1. The van der Waals surface area contributed by atoms with Gasteiger partial charge in [0.15, 0.2) is 18.1 Å². The fourth-order valence-electron chi connectivity index (χ4n) is 4.40. The van der Waals surface area contributed by atoms with Gasteiger partial charge in [-0.2, -0.15) is 5.10 Å². The van der Waals surface area contributed by atoms with Gasteiger partial charge in [0, 0.05) is 18.0 Å². The zero-order chi connectivity index (χ0) is 23.9. The molecule has 34 heavy (non-hydrogen) atoms.